The van der Waals surface area contributed by atoms with Gasteiger partial charge in [-0.15, -0.1) is 0 Å². The molecule has 3 heteroatoms. The van der Waals surface area contributed by atoms with Crippen molar-refractivity contribution in [3.8, 4) is 0 Å². The normalized spacial score (nSPS) is 12.8. The Morgan fingerprint density at radius 1 is 1.38 bits per heavy atom. The van der Waals surface area contributed by atoms with E-state index in [1.54, 1.807) is 6.07 Å². The van der Waals surface area contributed by atoms with Crippen molar-refractivity contribution in [2.24, 2.45) is 0 Å². The van der Waals surface area contributed by atoms with Crippen LogP contribution in [0.4, 0.5) is 4.39 Å². The lowest BCUT2D eigenvalue weighted by Crippen LogP contribution is -1.98. The second-order valence-electron chi connectivity index (χ2n) is 4.03. The first-order valence-electron chi connectivity index (χ1n) is 5.71. The lowest BCUT2D eigenvalue weighted by Gasteiger charge is -2.08. The molecule has 0 saturated carbocycles. The molecule has 16 heavy (non-hydrogen) atoms. The van der Waals surface area contributed by atoms with E-state index < -0.39 is 0 Å². The van der Waals surface area contributed by atoms with Crippen LogP contribution >= 0.6 is 27.5 Å². The summed E-state index contributed by atoms with van der Waals surface area (Å²) in [7, 11) is 0. The standard InChI is InChI=1S/C13H17BrClF/c1-2-4-11(14)6-3-5-10-7-8-12(15)13(16)9-10/h7-9,11H,2-6H2,1H3. The Morgan fingerprint density at radius 3 is 2.75 bits per heavy atom. The Hall–Kier alpha value is -0.0800. The smallest absolute Gasteiger partial charge is 0.142 e. The molecule has 0 saturated heterocycles. The molecular weight excluding hydrogens is 290 g/mol. The van der Waals surface area contributed by atoms with Crippen LogP contribution in [0.5, 0.6) is 0 Å². The molecule has 1 atom stereocenters. The Balaban J connectivity index is 2.34. The number of benzene rings is 1. The van der Waals surface area contributed by atoms with Gasteiger partial charge in [0.05, 0.1) is 5.02 Å². The summed E-state index contributed by atoms with van der Waals surface area (Å²) < 4.78 is 13.1. The fourth-order valence-corrected chi connectivity index (χ4v) is 2.58. The van der Waals surface area contributed by atoms with Crippen molar-refractivity contribution in [1.82, 2.24) is 0 Å². The largest absolute Gasteiger partial charge is 0.205 e. The molecule has 1 aromatic rings. The van der Waals surface area contributed by atoms with E-state index in [-0.39, 0.29) is 10.8 Å². The first-order chi connectivity index (χ1) is 7.63. The molecule has 0 aromatic heterocycles. The minimum Gasteiger partial charge on any atom is -0.205 e. The van der Waals surface area contributed by atoms with E-state index in [4.69, 9.17) is 11.6 Å². The number of hydrogen-bond donors (Lipinski definition) is 0. The number of alkyl halides is 1. The maximum Gasteiger partial charge on any atom is 0.142 e. The minimum absolute atomic E-state index is 0.202. The lowest BCUT2D eigenvalue weighted by molar-refractivity contribution is 0.621. The molecular formula is C13H17BrClF. The molecule has 0 heterocycles. The first kappa shape index (κ1) is 14.0. The maximum atomic E-state index is 13.1. The Morgan fingerprint density at radius 2 is 2.12 bits per heavy atom. The van der Waals surface area contributed by atoms with Crippen LogP contribution in [-0.4, -0.2) is 4.83 Å². The molecule has 0 aliphatic carbocycles. The summed E-state index contributed by atoms with van der Waals surface area (Å²) in [5.41, 5.74) is 1.03. The zero-order chi connectivity index (χ0) is 12.0. The van der Waals surface area contributed by atoms with E-state index in [0.717, 1.165) is 24.8 Å². The van der Waals surface area contributed by atoms with Gasteiger partial charge in [0.25, 0.3) is 0 Å². The van der Waals surface area contributed by atoms with Crippen molar-refractivity contribution < 1.29 is 4.39 Å². The summed E-state index contributed by atoms with van der Waals surface area (Å²) in [6, 6.07) is 5.06. The highest BCUT2D eigenvalue weighted by Crippen LogP contribution is 2.19. The molecule has 1 aromatic carbocycles. The summed E-state index contributed by atoms with van der Waals surface area (Å²) in [5, 5.41) is 0.202. The number of aryl methyl sites for hydroxylation is 1. The number of halogens is 3. The summed E-state index contributed by atoms with van der Waals surface area (Å²) in [5.74, 6) is -0.317. The van der Waals surface area contributed by atoms with Gasteiger partial charge in [0.15, 0.2) is 0 Å². The van der Waals surface area contributed by atoms with E-state index in [9.17, 15) is 4.39 Å². The van der Waals surface area contributed by atoms with Gasteiger partial charge in [-0.05, 0) is 43.4 Å². The summed E-state index contributed by atoms with van der Waals surface area (Å²) in [6.45, 7) is 2.18. The maximum absolute atomic E-state index is 13.1. The zero-order valence-electron chi connectivity index (χ0n) is 9.48. The highest BCUT2D eigenvalue weighted by Gasteiger charge is 2.04. The van der Waals surface area contributed by atoms with Gasteiger partial charge in [-0.25, -0.2) is 4.39 Å². The molecule has 0 fully saturated rings. The van der Waals surface area contributed by atoms with Crippen molar-refractivity contribution >= 4 is 27.5 Å². The average Bonchev–Trinajstić information content (AvgIpc) is 2.24. The summed E-state index contributed by atoms with van der Waals surface area (Å²) in [4.78, 5) is 0.592. The molecule has 0 nitrogen and oxygen atoms in total. The topological polar surface area (TPSA) is 0 Å². The molecule has 90 valence electrons. The van der Waals surface area contributed by atoms with Gasteiger partial charge in [0.2, 0.25) is 0 Å². The highest BCUT2D eigenvalue weighted by molar-refractivity contribution is 9.09. The third-order valence-corrected chi connectivity index (χ3v) is 3.79. The number of rotatable bonds is 6. The molecule has 0 spiro atoms. The third kappa shape index (κ3) is 4.84. The quantitative estimate of drug-likeness (QED) is 0.620. The minimum atomic E-state index is -0.317. The molecule has 0 amide bonds. The molecule has 0 radical (unpaired) electrons. The molecule has 0 N–H and O–H groups in total. The van der Waals surface area contributed by atoms with Crippen LogP contribution in [0.2, 0.25) is 5.02 Å². The lowest BCUT2D eigenvalue weighted by atomic mass is 10.1. The Labute approximate surface area is 110 Å². The van der Waals surface area contributed by atoms with Crippen LogP contribution in [0.15, 0.2) is 18.2 Å². The van der Waals surface area contributed by atoms with E-state index in [1.807, 2.05) is 6.07 Å². The van der Waals surface area contributed by atoms with Crippen LogP contribution < -0.4 is 0 Å². The third-order valence-electron chi connectivity index (χ3n) is 2.57. The van der Waals surface area contributed by atoms with Gasteiger partial charge in [-0.3, -0.25) is 0 Å². The Bertz CT molecular complexity index is 328. The van der Waals surface area contributed by atoms with Crippen molar-refractivity contribution in [3.05, 3.63) is 34.6 Å². The van der Waals surface area contributed by atoms with E-state index in [0.29, 0.717) is 4.83 Å². The van der Waals surface area contributed by atoms with Gasteiger partial charge in [0, 0.05) is 4.83 Å². The van der Waals surface area contributed by atoms with Gasteiger partial charge < -0.3 is 0 Å². The predicted octanol–water partition coefficient (Wildman–Crippen LogP) is 5.37. The second kappa shape index (κ2) is 7.29. The van der Waals surface area contributed by atoms with Crippen molar-refractivity contribution in [2.75, 3.05) is 0 Å². The first-order valence-corrected chi connectivity index (χ1v) is 7.01. The van der Waals surface area contributed by atoms with Crippen LogP contribution in [0.1, 0.15) is 38.2 Å². The van der Waals surface area contributed by atoms with Gasteiger partial charge in [-0.1, -0.05) is 46.9 Å². The summed E-state index contributed by atoms with van der Waals surface area (Å²) >= 11 is 9.27. The number of hydrogen-bond acceptors (Lipinski definition) is 0. The molecule has 0 aliphatic rings. The SMILES string of the molecule is CCCC(Br)CCCc1ccc(Cl)c(F)c1. The fraction of sp³-hybridized carbons (Fsp3) is 0.538. The molecule has 0 aliphatic heterocycles. The molecule has 1 rings (SSSR count). The highest BCUT2D eigenvalue weighted by atomic mass is 79.9. The van der Waals surface area contributed by atoms with Gasteiger partial charge >= 0.3 is 0 Å². The van der Waals surface area contributed by atoms with Crippen LogP contribution in [-0.2, 0) is 6.42 Å². The predicted molar refractivity (Wildman–Crippen MR) is 72.0 cm³/mol. The summed E-state index contributed by atoms with van der Waals surface area (Å²) in [6.07, 6.45) is 5.54. The monoisotopic (exact) mass is 306 g/mol. The fourth-order valence-electron chi connectivity index (χ4n) is 1.68. The van der Waals surface area contributed by atoms with E-state index in [2.05, 4.69) is 22.9 Å². The van der Waals surface area contributed by atoms with E-state index in [1.165, 1.54) is 18.9 Å². The zero-order valence-corrected chi connectivity index (χ0v) is 11.8. The van der Waals surface area contributed by atoms with Gasteiger partial charge in [-0.2, -0.15) is 0 Å². The Kier molecular flexibility index (Phi) is 6.37. The van der Waals surface area contributed by atoms with Crippen LogP contribution in [0.3, 0.4) is 0 Å². The van der Waals surface area contributed by atoms with Crippen molar-refractivity contribution in [1.29, 1.82) is 0 Å². The average molecular weight is 308 g/mol. The molecule has 1 unspecified atom stereocenters. The van der Waals surface area contributed by atoms with Crippen molar-refractivity contribution in [3.63, 3.8) is 0 Å². The van der Waals surface area contributed by atoms with Crippen molar-refractivity contribution in [2.45, 2.75) is 43.9 Å². The van der Waals surface area contributed by atoms with Gasteiger partial charge in [0.1, 0.15) is 5.82 Å². The van der Waals surface area contributed by atoms with Crippen LogP contribution in [0, 0.1) is 5.82 Å². The second-order valence-corrected chi connectivity index (χ2v) is 5.73. The van der Waals surface area contributed by atoms with E-state index >= 15 is 0 Å². The molecule has 0 bridgehead atoms. The van der Waals surface area contributed by atoms with Crippen LogP contribution in [0.25, 0.3) is 0 Å².